The van der Waals surface area contributed by atoms with E-state index in [-0.39, 0.29) is 12.3 Å². The summed E-state index contributed by atoms with van der Waals surface area (Å²) in [6.07, 6.45) is 4.70. The van der Waals surface area contributed by atoms with Crippen LogP contribution in [0, 0.1) is 0 Å². The maximum atomic E-state index is 12.4. The van der Waals surface area contributed by atoms with E-state index in [4.69, 9.17) is 4.74 Å². The molecule has 0 radical (unpaired) electrons. The Balaban J connectivity index is 1.98. The predicted octanol–water partition coefficient (Wildman–Crippen LogP) is 1.55. The van der Waals surface area contributed by atoms with E-state index < -0.39 is 11.9 Å². The number of carbonyl (C=O) groups excluding carboxylic acids is 3. The van der Waals surface area contributed by atoms with Crippen molar-refractivity contribution in [2.24, 2.45) is 0 Å². The summed E-state index contributed by atoms with van der Waals surface area (Å²) in [6, 6.07) is 6.94. The molecule has 0 bridgehead atoms. The molecule has 0 aliphatic carbocycles. The lowest BCUT2D eigenvalue weighted by atomic mass is 10.1. The first-order valence-corrected chi connectivity index (χ1v) is 9.07. The zero-order valence-corrected chi connectivity index (χ0v) is 16.4. The molecule has 0 saturated heterocycles. The van der Waals surface area contributed by atoms with Crippen molar-refractivity contribution in [2.45, 2.75) is 6.92 Å². The zero-order chi connectivity index (χ0) is 21.5. The third-order valence-corrected chi connectivity index (χ3v) is 4.11. The number of hydrogen-bond donors (Lipinski definition) is 4. The molecule has 30 heavy (non-hydrogen) atoms. The lowest BCUT2D eigenvalue weighted by molar-refractivity contribution is -0.115. The molecule has 0 saturated carbocycles. The van der Waals surface area contributed by atoms with Gasteiger partial charge in [0.1, 0.15) is 17.7 Å². The molecule has 0 spiro atoms. The van der Waals surface area contributed by atoms with E-state index in [1.165, 1.54) is 18.7 Å². The minimum atomic E-state index is -0.504. The maximum absolute atomic E-state index is 12.4. The van der Waals surface area contributed by atoms with E-state index in [1.807, 2.05) is 0 Å². The van der Waals surface area contributed by atoms with Gasteiger partial charge in [0.05, 0.1) is 23.3 Å². The molecule has 0 unspecified atom stereocenters. The Labute approximate surface area is 171 Å². The molecule has 4 N–H and O–H groups in total. The van der Waals surface area contributed by atoms with Crippen LogP contribution in [0.5, 0.6) is 0 Å². The second kappa shape index (κ2) is 9.32. The average Bonchev–Trinajstić information content (AvgIpc) is 3.18. The van der Waals surface area contributed by atoms with Crippen LogP contribution in [0.1, 0.15) is 17.3 Å². The number of H-pyrrole nitrogens is 1. The minimum absolute atomic E-state index is 0.0533. The van der Waals surface area contributed by atoms with Crippen molar-refractivity contribution in [1.29, 1.82) is 0 Å². The fraction of sp³-hybridized carbons (Fsp3) is 0.150. The number of aromatic nitrogens is 3. The molecular formula is C20H20N6O4. The highest BCUT2D eigenvalue weighted by Gasteiger charge is 2.19. The summed E-state index contributed by atoms with van der Waals surface area (Å²) in [5.74, 6) is -0.985. The Morgan fingerprint density at radius 1 is 1.27 bits per heavy atom. The molecule has 0 atom stereocenters. The topological polar surface area (TPSA) is 138 Å². The molecular weight excluding hydrogens is 388 g/mol. The number of ether oxygens (including phenoxy) is 1. The number of fused-ring (bicyclic) bond motifs is 1. The summed E-state index contributed by atoms with van der Waals surface area (Å²) in [4.78, 5) is 46.9. The van der Waals surface area contributed by atoms with Gasteiger partial charge in [-0.25, -0.2) is 14.8 Å². The molecule has 0 fully saturated rings. The second-order valence-corrected chi connectivity index (χ2v) is 6.01. The van der Waals surface area contributed by atoms with E-state index in [9.17, 15) is 14.4 Å². The van der Waals surface area contributed by atoms with Gasteiger partial charge in [-0.3, -0.25) is 9.59 Å². The van der Waals surface area contributed by atoms with E-state index in [0.29, 0.717) is 40.0 Å². The van der Waals surface area contributed by atoms with Crippen LogP contribution < -0.4 is 16.0 Å². The summed E-state index contributed by atoms with van der Waals surface area (Å²) >= 11 is 0. The fourth-order valence-corrected chi connectivity index (χ4v) is 2.87. The fourth-order valence-electron chi connectivity index (χ4n) is 2.87. The van der Waals surface area contributed by atoms with Crippen LogP contribution in [0.3, 0.4) is 0 Å². The first-order valence-electron chi connectivity index (χ1n) is 9.07. The number of aromatic amines is 1. The Hall–Kier alpha value is -4.21. The van der Waals surface area contributed by atoms with Gasteiger partial charge in [0, 0.05) is 30.7 Å². The molecule has 10 nitrogen and oxygen atoms in total. The van der Waals surface area contributed by atoms with E-state index in [1.54, 1.807) is 38.2 Å². The Morgan fingerprint density at radius 2 is 2.10 bits per heavy atom. The summed E-state index contributed by atoms with van der Waals surface area (Å²) in [7, 11) is 1.61. The normalized spacial score (nSPS) is 11.1. The van der Waals surface area contributed by atoms with Gasteiger partial charge in [0.2, 0.25) is 6.41 Å². The number of rotatable bonds is 8. The number of hydrogen-bond acceptors (Lipinski definition) is 7. The quantitative estimate of drug-likeness (QED) is 0.252. The molecule has 154 valence electrons. The molecule has 2 heterocycles. The Bertz CT molecular complexity index is 1120. The van der Waals surface area contributed by atoms with Crippen molar-refractivity contribution in [2.75, 3.05) is 19.0 Å². The van der Waals surface area contributed by atoms with Gasteiger partial charge in [-0.05, 0) is 19.1 Å². The molecule has 1 aromatic carbocycles. The van der Waals surface area contributed by atoms with Gasteiger partial charge in [-0.1, -0.05) is 12.1 Å². The van der Waals surface area contributed by atoms with Crippen LogP contribution in [0.15, 0.2) is 48.7 Å². The lowest BCUT2D eigenvalue weighted by Gasteiger charge is -2.10. The van der Waals surface area contributed by atoms with Crippen molar-refractivity contribution >= 4 is 35.0 Å². The number of benzene rings is 1. The molecule has 3 rings (SSSR count). The zero-order valence-electron chi connectivity index (χ0n) is 16.4. The third-order valence-electron chi connectivity index (χ3n) is 4.11. The molecule has 10 heteroatoms. The molecule has 2 aromatic heterocycles. The Morgan fingerprint density at radius 3 is 2.83 bits per heavy atom. The summed E-state index contributed by atoms with van der Waals surface area (Å²) in [5.41, 5.74) is 2.52. The van der Waals surface area contributed by atoms with Gasteiger partial charge in [0.15, 0.2) is 0 Å². The Kier molecular flexibility index (Phi) is 6.38. The van der Waals surface area contributed by atoms with Crippen LogP contribution in [-0.4, -0.2) is 46.9 Å². The monoisotopic (exact) mass is 408 g/mol. The van der Waals surface area contributed by atoms with Crippen molar-refractivity contribution in [3.63, 3.8) is 0 Å². The van der Waals surface area contributed by atoms with Gasteiger partial charge in [-0.15, -0.1) is 0 Å². The number of anilines is 1. The van der Waals surface area contributed by atoms with E-state index >= 15 is 0 Å². The smallest absolute Gasteiger partial charge is 0.340 e. The minimum Gasteiger partial charge on any atom is -0.462 e. The van der Waals surface area contributed by atoms with E-state index in [2.05, 4.69) is 30.9 Å². The van der Waals surface area contributed by atoms with Crippen LogP contribution in [-0.2, 0) is 14.3 Å². The number of esters is 1. The van der Waals surface area contributed by atoms with Crippen molar-refractivity contribution in [1.82, 2.24) is 25.6 Å². The van der Waals surface area contributed by atoms with Gasteiger partial charge in [0.25, 0.3) is 5.91 Å². The SMILES string of the molecule is CCOC(=O)c1c[nH]c2ncnc(-c3cccc(NC(=O)/C(=C/NC)NC=O)c3)c12. The number of nitrogens with one attached hydrogen (secondary N) is 4. The van der Waals surface area contributed by atoms with Crippen molar-refractivity contribution in [3.05, 3.63) is 54.3 Å². The average molecular weight is 408 g/mol. The summed E-state index contributed by atoms with van der Waals surface area (Å²) in [5, 5.41) is 8.26. The standard InChI is InChI=1S/C20H20N6O4/c1-3-30-20(29)14-8-22-18-16(14)17(23-10-24-18)12-5-4-6-13(7-12)26-19(28)15(9-21-2)25-11-27/h4-11,21H,3H2,1-2H3,(H,25,27)(H,26,28)(H,22,23,24)/b15-9-. The van der Waals surface area contributed by atoms with Crippen LogP contribution >= 0.6 is 0 Å². The summed E-state index contributed by atoms with van der Waals surface area (Å²) < 4.78 is 5.11. The molecule has 0 aliphatic rings. The molecule has 2 amide bonds. The highest BCUT2D eigenvalue weighted by molar-refractivity contribution is 6.09. The van der Waals surface area contributed by atoms with Crippen molar-refractivity contribution in [3.8, 4) is 11.3 Å². The number of carbonyl (C=O) groups is 3. The largest absolute Gasteiger partial charge is 0.462 e. The molecule has 3 aromatic rings. The van der Waals surface area contributed by atoms with E-state index in [0.717, 1.165) is 0 Å². The van der Waals surface area contributed by atoms with Crippen LogP contribution in [0.2, 0.25) is 0 Å². The van der Waals surface area contributed by atoms with Gasteiger partial charge < -0.3 is 25.7 Å². The second-order valence-electron chi connectivity index (χ2n) is 6.01. The van der Waals surface area contributed by atoms with Crippen LogP contribution in [0.25, 0.3) is 22.3 Å². The third kappa shape index (κ3) is 4.27. The first kappa shape index (κ1) is 20.5. The van der Waals surface area contributed by atoms with Crippen molar-refractivity contribution < 1.29 is 19.1 Å². The number of amides is 2. The lowest BCUT2D eigenvalue weighted by Crippen LogP contribution is -2.26. The summed E-state index contributed by atoms with van der Waals surface area (Å²) in [6.45, 7) is 1.97. The highest BCUT2D eigenvalue weighted by Crippen LogP contribution is 2.30. The highest BCUT2D eigenvalue weighted by atomic mass is 16.5. The van der Waals surface area contributed by atoms with Crippen LogP contribution in [0.4, 0.5) is 5.69 Å². The molecule has 0 aliphatic heterocycles. The maximum Gasteiger partial charge on any atom is 0.340 e. The first-order chi connectivity index (χ1) is 14.6. The van der Waals surface area contributed by atoms with Gasteiger partial charge in [-0.2, -0.15) is 0 Å². The predicted molar refractivity (Wildman–Crippen MR) is 110 cm³/mol. The number of nitrogens with zero attached hydrogens (tertiary/aromatic N) is 2. The van der Waals surface area contributed by atoms with Gasteiger partial charge >= 0.3 is 5.97 Å².